The lowest BCUT2D eigenvalue weighted by Crippen LogP contribution is -2.47. The Bertz CT molecular complexity index is 329. The van der Waals surface area contributed by atoms with Crippen molar-refractivity contribution in [2.24, 2.45) is 0 Å². The van der Waals surface area contributed by atoms with Gasteiger partial charge in [-0.05, 0) is 13.1 Å². The molecular weight excluding hydrogens is 209 g/mol. The largest absolute Gasteiger partial charge is 0.416 e. The first-order valence-electron chi connectivity index (χ1n) is 4.08. The second kappa shape index (κ2) is 3.74. The quantitative estimate of drug-likeness (QED) is 0.694. The first kappa shape index (κ1) is 11.3. The molecule has 0 saturated heterocycles. The van der Waals surface area contributed by atoms with Crippen molar-refractivity contribution in [2.75, 3.05) is 7.11 Å². The zero-order chi connectivity index (χ0) is 10.9. The number of hydrogen-bond donors (Lipinski definition) is 0. The van der Waals surface area contributed by atoms with E-state index in [0.717, 1.165) is 0 Å². The number of halogens is 3. The van der Waals surface area contributed by atoms with Gasteiger partial charge in [0.15, 0.2) is 0 Å². The van der Waals surface area contributed by atoms with E-state index in [0.29, 0.717) is 12.1 Å². The highest BCUT2D eigenvalue weighted by Gasteiger charge is 2.31. The third-order valence-electron chi connectivity index (χ3n) is 2.12. The first-order valence-corrected chi connectivity index (χ1v) is 6.99. The summed E-state index contributed by atoms with van der Waals surface area (Å²) in [5.41, 5.74) is 0. The molecule has 5 heteroatoms. The van der Waals surface area contributed by atoms with Gasteiger partial charge in [-0.25, -0.2) is 13.2 Å². The Kier molecular flexibility index (Phi) is 3.01. The molecule has 1 rings (SSSR count). The van der Waals surface area contributed by atoms with Crippen molar-refractivity contribution in [2.45, 2.75) is 13.1 Å². The standard InChI is InChI=1S/C9H11F3OSi/c1-13-14(2,3)9-7(11)4-6(10)5-8(9)12/h4-5H,1-3H3. The van der Waals surface area contributed by atoms with Crippen molar-refractivity contribution in [1.29, 1.82) is 0 Å². The highest BCUT2D eigenvalue weighted by atomic mass is 28.4. The highest BCUT2D eigenvalue weighted by Crippen LogP contribution is 2.12. The molecule has 1 aromatic rings. The second-order valence-electron chi connectivity index (χ2n) is 3.46. The molecule has 0 atom stereocenters. The van der Waals surface area contributed by atoms with E-state index in [-0.39, 0.29) is 5.19 Å². The molecule has 0 aromatic heterocycles. The smallest absolute Gasteiger partial charge is 0.223 e. The van der Waals surface area contributed by atoms with E-state index in [2.05, 4.69) is 0 Å². The summed E-state index contributed by atoms with van der Waals surface area (Å²) in [7, 11) is -1.18. The van der Waals surface area contributed by atoms with E-state index >= 15 is 0 Å². The monoisotopic (exact) mass is 220 g/mol. The zero-order valence-corrected chi connectivity index (χ0v) is 9.20. The Labute approximate surface area is 81.6 Å². The minimum atomic E-state index is -2.58. The third kappa shape index (κ3) is 1.98. The molecule has 0 heterocycles. The van der Waals surface area contributed by atoms with E-state index in [1.165, 1.54) is 7.11 Å². The van der Waals surface area contributed by atoms with Gasteiger partial charge in [-0.15, -0.1) is 0 Å². The molecule has 1 nitrogen and oxygen atoms in total. The van der Waals surface area contributed by atoms with Crippen LogP contribution in [0, 0.1) is 17.5 Å². The lowest BCUT2D eigenvalue weighted by molar-refractivity contribution is 0.412. The maximum Gasteiger partial charge on any atom is 0.223 e. The molecule has 0 saturated carbocycles. The minimum absolute atomic E-state index is 0.124. The van der Waals surface area contributed by atoms with E-state index in [1.807, 2.05) is 0 Å². The van der Waals surface area contributed by atoms with Crippen LogP contribution in [0.1, 0.15) is 0 Å². The van der Waals surface area contributed by atoms with Crippen molar-refractivity contribution < 1.29 is 17.6 Å². The molecule has 14 heavy (non-hydrogen) atoms. The number of hydrogen-bond acceptors (Lipinski definition) is 1. The summed E-state index contributed by atoms with van der Waals surface area (Å²) < 4.78 is 44.2. The maximum atomic E-state index is 13.3. The fourth-order valence-electron chi connectivity index (χ4n) is 1.22. The van der Waals surface area contributed by atoms with Crippen LogP contribution in [0.3, 0.4) is 0 Å². The van der Waals surface area contributed by atoms with E-state index in [9.17, 15) is 13.2 Å². The predicted octanol–water partition coefficient (Wildman–Crippen LogP) is 2.16. The Morgan fingerprint density at radius 3 is 1.86 bits per heavy atom. The van der Waals surface area contributed by atoms with Gasteiger partial charge in [-0.1, -0.05) is 0 Å². The van der Waals surface area contributed by atoms with Crippen LogP contribution in [-0.4, -0.2) is 15.4 Å². The van der Waals surface area contributed by atoms with Gasteiger partial charge in [0.1, 0.15) is 17.5 Å². The summed E-state index contributed by atoms with van der Waals surface area (Å²) in [6.07, 6.45) is 0. The second-order valence-corrected chi connectivity index (χ2v) is 7.39. The summed E-state index contributed by atoms with van der Waals surface area (Å²) in [5.74, 6) is -2.66. The van der Waals surface area contributed by atoms with E-state index in [4.69, 9.17) is 4.43 Å². The fraction of sp³-hybridized carbons (Fsp3) is 0.333. The van der Waals surface area contributed by atoms with Gasteiger partial charge in [0.2, 0.25) is 8.32 Å². The van der Waals surface area contributed by atoms with E-state index < -0.39 is 25.8 Å². The summed E-state index contributed by atoms with van der Waals surface area (Å²) in [5, 5.41) is -0.124. The van der Waals surface area contributed by atoms with Crippen molar-refractivity contribution >= 4 is 13.5 Å². The normalized spacial score (nSPS) is 11.9. The van der Waals surface area contributed by atoms with Crippen LogP contribution in [0.5, 0.6) is 0 Å². The Morgan fingerprint density at radius 2 is 1.50 bits per heavy atom. The molecule has 78 valence electrons. The molecule has 0 fully saturated rings. The number of rotatable bonds is 2. The van der Waals surface area contributed by atoms with Gasteiger partial charge < -0.3 is 4.43 Å². The summed E-state index contributed by atoms with van der Waals surface area (Å²) in [4.78, 5) is 0. The molecule has 0 radical (unpaired) electrons. The molecule has 0 bridgehead atoms. The van der Waals surface area contributed by atoms with Crippen LogP contribution >= 0.6 is 0 Å². The van der Waals surface area contributed by atoms with Gasteiger partial charge in [0.25, 0.3) is 0 Å². The Balaban J connectivity index is 3.35. The van der Waals surface area contributed by atoms with Crippen LogP contribution < -0.4 is 5.19 Å². The summed E-state index contributed by atoms with van der Waals surface area (Å²) in [6.45, 7) is 3.29. The average molecular weight is 220 g/mol. The van der Waals surface area contributed by atoms with Crippen LogP contribution in [0.15, 0.2) is 12.1 Å². The molecule has 0 aliphatic heterocycles. The number of benzene rings is 1. The lowest BCUT2D eigenvalue weighted by atomic mass is 10.3. The zero-order valence-electron chi connectivity index (χ0n) is 8.20. The lowest BCUT2D eigenvalue weighted by Gasteiger charge is -2.21. The van der Waals surface area contributed by atoms with Crippen LogP contribution in [-0.2, 0) is 4.43 Å². The molecule has 1 aromatic carbocycles. The fourth-order valence-corrected chi connectivity index (χ4v) is 2.72. The van der Waals surface area contributed by atoms with Gasteiger partial charge in [0, 0.05) is 24.4 Å². The SMILES string of the molecule is CO[Si](C)(C)c1c(F)cc(F)cc1F. The van der Waals surface area contributed by atoms with Crippen molar-refractivity contribution in [3.63, 3.8) is 0 Å². The first-order chi connectivity index (χ1) is 6.38. The molecule has 0 spiro atoms. The van der Waals surface area contributed by atoms with Gasteiger partial charge >= 0.3 is 0 Å². The van der Waals surface area contributed by atoms with Crippen molar-refractivity contribution in [3.8, 4) is 0 Å². The van der Waals surface area contributed by atoms with Crippen LogP contribution in [0.4, 0.5) is 13.2 Å². The minimum Gasteiger partial charge on any atom is -0.416 e. The van der Waals surface area contributed by atoms with Crippen molar-refractivity contribution in [3.05, 3.63) is 29.6 Å². The Hall–Kier alpha value is -0.813. The van der Waals surface area contributed by atoms with Gasteiger partial charge in [0.05, 0.1) is 0 Å². The van der Waals surface area contributed by atoms with Gasteiger partial charge in [-0.3, -0.25) is 0 Å². The maximum absolute atomic E-state index is 13.3. The summed E-state index contributed by atoms with van der Waals surface area (Å²) >= 11 is 0. The summed E-state index contributed by atoms with van der Waals surface area (Å²) in [6, 6.07) is 1.35. The van der Waals surface area contributed by atoms with Gasteiger partial charge in [-0.2, -0.15) is 0 Å². The van der Waals surface area contributed by atoms with Crippen LogP contribution in [0.2, 0.25) is 13.1 Å². The molecule has 0 aliphatic rings. The molecule has 0 aliphatic carbocycles. The van der Waals surface area contributed by atoms with Crippen LogP contribution in [0.25, 0.3) is 0 Å². The van der Waals surface area contributed by atoms with Crippen molar-refractivity contribution in [1.82, 2.24) is 0 Å². The highest BCUT2D eigenvalue weighted by molar-refractivity contribution is 6.84. The molecule has 0 amide bonds. The topological polar surface area (TPSA) is 9.23 Å². The predicted molar refractivity (Wildman–Crippen MR) is 50.4 cm³/mol. The Morgan fingerprint density at radius 1 is 1.07 bits per heavy atom. The molecular formula is C9H11F3OSi. The molecule has 0 unspecified atom stereocenters. The average Bonchev–Trinajstić information content (AvgIpc) is 2.01. The third-order valence-corrected chi connectivity index (χ3v) is 4.82. The van der Waals surface area contributed by atoms with E-state index in [1.54, 1.807) is 13.1 Å². The molecule has 0 N–H and O–H groups in total.